The number of nitrogens with zero attached hydrogens (tertiary/aromatic N) is 2. The number of anilines is 1. The minimum absolute atomic E-state index is 0.133. The molecule has 4 nitrogen and oxygen atoms in total. The highest BCUT2D eigenvalue weighted by Crippen LogP contribution is 2.20. The SMILES string of the molecule is Cc1ccc(C(=O)Nc2ccn(Cc3c(F)c(F)cc(F)c3F)n2)cc1. The molecule has 1 amide bonds. The van der Waals surface area contributed by atoms with Crippen LogP contribution in [0.3, 0.4) is 0 Å². The number of benzene rings is 2. The third-order valence-corrected chi connectivity index (χ3v) is 3.72. The summed E-state index contributed by atoms with van der Waals surface area (Å²) in [5, 5.41) is 6.47. The third kappa shape index (κ3) is 3.58. The Kier molecular flexibility index (Phi) is 4.75. The van der Waals surface area contributed by atoms with Gasteiger partial charge in [0.2, 0.25) is 0 Å². The Balaban J connectivity index is 1.77. The van der Waals surface area contributed by atoms with Gasteiger partial charge in [0.15, 0.2) is 29.1 Å². The van der Waals surface area contributed by atoms with Gasteiger partial charge in [0.1, 0.15) is 0 Å². The summed E-state index contributed by atoms with van der Waals surface area (Å²) in [6.07, 6.45) is 1.33. The molecule has 26 heavy (non-hydrogen) atoms. The minimum Gasteiger partial charge on any atom is -0.305 e. The molecule has 3 rings (SSSR count). The molecule has 0 aliphatic heterocycles. The van der Waals surface area contributed by atoms with Gasteiger partial charge in [0.05, 0.1) is 12.1 Å². The number of aromatic nitrogens is 2. The van der Waals surface area contributed by atoms with Gasteiger partial charge in [-0.1, -0.05) is 17.7 Å². The molecule has 1 N–H and O–H groups in total. The Morgan fingerprint density at radius 2 is 1.65 bits per heavy atom. The molecule has 3 aromatic rings. The van der Waals surface area contributed by atoms with Gasteiger partial charge in [0, 0.05) is 23.9 Å². The zero-order valence-electron chi connectivity index (χ0n) is 13.6. The maximum absolute atomic E-state index is 13.7. The molecule has 0 bridgehead atoms. The van der Waals surface area contributed by atoms with Crippen molar-refractivity contribution in [3.8, 4) is 0 Å². The summed E-state index contributed by atoms with van der Waals surface area (Å²) in [4.78, 5) is 12.1. The Hall–Kier alpha value is -3.16. The highest BCUT2D eigenvalue weighted by atomic mass is 19.2. The van der Waals surface area contributed by atoms with Crippen LogP contribution >= 0.6 is 0 Å². The van der Waals surface area contributed by atoms with E-state index >= 15 is 0 Å². The van der Waals surface area contributed by atoms with E-state index in [0.717, 1.165) is 10.2 Å². The fourth-order valence-electron chi connectivity index (χ4n) is 2.33. The summed E-state index contributed by atoms with van der Waals surface area (Å²) in [6.45, 7) is 1.35. The predicted molar refractivity (Wildman–Crippen MR) is 86.7 cm³/mol. The Bertz CT molecular complexity index is 941. The molecule has 0 unspecified atom stereocenters. The van der Waals surface area contributed by atoms with Gasteiger partial charge in [0.25, 0.3) is 5.91 Å². The van der Waals surface area contributed by atoms with Crippen molar-refractivity contribution in [1.82, 2.24) is 9.78 Å². The Labute approximate surface area is 146 Å². The second-order valence-electron chi connectivity index (χ2n) is 5.67. The van der Waals surface area contributed by atoms with Crippen molar-refractivity contribution >= 4 is 11.7 Å². The zero-order chi connectivity index (χ0) is 18.8. The number of carbonyl (C=O) groups is 1. The monoisotopic (exact) mass is 363 g/mol. The van der Waals surface area contributed by atoms with Crippen LogP contribution in [0.25, 0.3) is 0 Å². The van der Waals surface area contributed by atoms with Gasteiger partial charge in [-0.15, -0.1) is 0 Å². The smallest absolute Gasteiger partial charge is 0.256 e. The van der Waals surface area contributed by atoms with E-state index in [1.165, 1.54) is 12.3 Å². The van der Waals surface area contributed by atoms with Crippen LogP contribution in [0.4, 0.5) is 23.4 Å². The quantitative estimate of drug-likeness (QED) is 0.562. The van der Waals surface area contributed by atoms with E-state index in [-0.39, 0.29) is 11.9 Å². The fraction of sp³-hybridized carbons (Fsp3) is 0.111. The number of aryl methyl sites for hydroxylation is 1. The first-order valence-electron chi connectivity index (χ1n) is 7.58. The van der Waals surface area contributed by atoms with Crippen LogP contribution in [-0.2, 0) is 6.54 Å². The van der Waals surface area contributed by atoms with Crippen LogP contribution in [0.2, 0.25) is 0 Å². The number of amides is 1. The number of carbonyl (C=O) groups excluding carboxylic acids is 1. The van der Waals surface area contributed by atoms with Crippen LogP contribution < -0.4 is 5.32 Å². The highest BCUT2D eigenvalue weighted by Gasteiger charge is 2.19. The summed E-state index contributed by atoms with van der Waals surface area (Å²) in [5.41, 5.74) is 0.619. The van der Waals surface area contributed by atoms with Crippen molar-refractivity contribution in [2.24, 2.45) is 0 Å². The number of halogens is 4. The van der Waals surface area contributed by atoms with Gasteiger partial charge in [-0.2, -0.15) is 5.10 Å². The van der Waals surface area contributed by atoms with E-state index in [1.807, 2.05) is 6.92 Å². The second kappa shape index (κ2) is 6.99. The van der Waals surface area contributed by atoms with Gasteiger partial charge < -0.3 is 5.32 Å². The molecule has 0 aliphatic rings. The summed E-state index contributed by atoms with van der Waals surface area (Å²) in [6, 6.07) is 8.38. The highest BCUT2D eigenvalue weighted by molar-refractivity contribution is 6.03. The van der Waals surface area contributed by atoms with Crippen LogP contribution in [0.15, 0.2) is 42.6 Å². The lowest BCUT2D eigenvalue weighted by molar-refractivity contribution is 0.102. The van der Waals surface area contributed by atoms with Crippen molar-refractivity contribution in [3.63, 3.8) is 0 Å². The van der Waals surface area contributed by atoms with Crippen molar-refractivity contribution in [3.05, 3.63) is 82.6 Å². The molecule has 0 aliphatic carbocycles. The molecular weight excluding hydrogens is 350 g/mol. The molecule has 0 spiro atoms. The Morgan fingerprint density at radius 3 is 2.27 bits per heavy atom. The average Bonchev–Trinajstić information content (AvgIpc) is 3.04. The Morgan fingerprint density at radius 1 is 1.04 bits per heavy atom. The van der Waals surface area contributed by atoms with Gasteiger partial charge in [-0.05, 0) is 19.1 Å². The van der Waals surface area contributed by atoms with E-state index in [9.17, 15) is 22.4 Å². The van der Waals surface area contributed by atoms with Gasteiger partial charge >= 0.3 is 0 Å². The minimum atomic E-state index is -1.49. The van der Waals surface area contributed by atoms with E-state index < -0.39 is 41.3 Å². The first-order chi connectivity index (χ1) is 12.3. The summed E-state index contributed by atoms with van der Waals surface area (Å²) < 4.78 is 55.0. The van der Waals surface area contributed by atoms with Gasteiger partial charge in [-0.3, -0.25) is 9.48 Å². The standard InChI is InChI=1S/C18H13F4N3O/c1-10-2-4-11(5-3-10)18(26)23-15-6-7-25(24-15)9-12-16(21)13(19)8-14(20)17(12)22/h2-8H,9H2,1H3,(H,23,24,26). The van der Waals surface area contributed by atoms with Crippen molar-refractivity contribution < 1.29 is 22.4 Å². The van der Waals surface area contributed by atoms with E-state index in [4.69, 9.17) is 0 Å². The van der Waals surface area contributed by atoms with Crippen LogP contribution in [0.5, 0.6) is 0 Å². The molecule has 2 aromatic carbocycles. The summed E-state index contributed by atoms with van der Waals surface area (Å²) >= 11 is 0. The van der Waals surface area contributed by atoms with Crippen molar-refractivity contribution in [2.45, 2.75) is 13.5 Å². The molecule has 134 valence electrons. The van der Waals surface area contributed by atoms with Gasteiger partial charge in [-0.25, -0.2) is 17.6 Å². The topological polar surface area (TPSA) is 46.9 Å². The zero-order valence-corrected chi connectivity index (χ0v) is 13.6. The fourth-order valence-corrected chi connectivity index (χ4v) is 2.33. The molecule has 0 atom stereocenters. The maximum Gasteiger partial charge on any atom is 0.256 e. The lowest BCUT2D eigenvalue weighted by Gasteiger charge is -2.07. The third-order valence-electron chi connectivity index (χ3n) is 3.72. The number of rotatable bonds is 4. The van der Waals surface area contributed by atoms with Crippen LogP contribution in [0.1, 0.15) is 21.5 Å². The maximum atomic E-state index is 13.7. The molecule has 1 aromatic heterocycles. The summed E-state index contributed by atoms with van der Waals surface area (Å²) in [5.74, 6) is -6.22. The van der Waals surface area contributed by atoms with E-state index in [0.29, 0.717) is 5.56 Å². The first-order valence-corrected chi connectivity index (χ1v) is 7.58. The number of hydrogen-bond donors (Lipinski definition) is 1. The normalized spacial score (nSPS) is 10.8. The molecule has 0 saturated heterocycles. The average molecular weight is 363 g/mol. The van der Waals surface area contributed by atoms with Crippen molar-refractivity contribution in [1.29, 1.82) is 0 Å². The predicted octanol–water partition coefficient (Wildman–Crippen LogP) is 4.05. The molecule has 8 heteroatoms. The molecule has 0 fully saturated rings. The molecule has 0 radical (unpaired) electrons. The lowest BCUT2D eigenvalue weighted by Crippen LogP contribution is -2.13. The number of hydrogen-bond acceptors (Lipinski definition) is 2. The summed E-state index contributed by atoms with van der Waals surface area (Å²) in [7, 11) is 0. The molecular formula is C18H13F4N3O. The lowest BCUT2D eigenvalue weighted by atomic mass is 10.1. The second-order valence-corrected chi connectivity index (χ2v) is 5.67. The largest absolute Gasteiger partial charge is 0.305 e. The first kappa shape index (κ1) is 17.7. The van der Waals surface area contributed by atoms with E-state index in [1.54, 1.807) is 24.3 Å². The molecule has 0 saturated carbocycles. The number of nitrogens with one attached hydrogen (secondary N) is 1. The van der Waals surface area contributed by atoms with E-state index in [2.05, 4.69) is 10.4 Å². The van der Waals surface area contributed by atoms with Crippen LogP contribution in [0, 0.1) is 30.2 Å². The van der Waals surface area contributed by atoms with Crippen LogP contribution in [-0.4, -0.2) is 15.7 Å². The molecule has 1 heterocycles. The van der Waals surface area contributed by atoms with Crippen molar-refractivity contribution in [2.75, 3.05) is 5.32 Å².